The highest BCUT2D eigenvalue weighted by atomic mass is 16.2. The molecule has 0 spiro atoms. The van der Waals surface area contributed by atoms with Crippen LogP contribution in [0.25, 0.3) is 0 Å². The molecule has 0 bridgehead atoms. The summed E-state index contributed by atoms with van der Waals surface area (Å²) < 4.78 is 0. The Balaban J connectivity index is 1.52. The van der Waals surface area contributed by atoms with Crippen LogP contribution in [0, 0.1) is 0 Å². The van der Waals surface area contributed by atoms with Crippen LogP contribution in [0.3, 0.4) is 0 Å². The number of benzene rings is 2. The Hall–Kier alpha value is -2.70. The number of rotatable bonds is 2. The van der Waals surface area contributed by atoms with Crippen LogP contribution < -0.4 is 10.6 Å². The number of hydrogen-bond donors (Lipinski definition) is 2. The lowest BCUT2D eigenvalue weighted by Crippen LogP contribution is -2.38. The van der Waals surface area contributed by atoms with Crippen molar-refractivity contribution in [2.75, 3.05) is 52.4 Å². The van der Waals surface area contributed by atoms with Gasteiger partial charge in [0.2, 0.25) is 0 Å². The van der Waals surface area contributed by atoms with Gasteiger partial charge in [-0.25, -0.2) is 0 Å². The summed E-state index contributed by atoms with van der Waals surface area (Å²) in [7, 11) is 0. The van der Waals surface area contributed by atoms with E-state index in [-0.39, 0.29) is 11.8 Å². The third kappa shape index (κ3) is 7.77. The van der Waals surface area contributed by atoms with Gasteiger partial charge in [0.05, 0.1) is 0 Å². The third-order valence-corrected chi connectivity index (χ3v) is 5.74. The molecule has 1 fully saturated rings. The first-order valence-corrected chi connectivity index (χ1v) is 11.9. The summed E-state index contributed by atoms with van der Waals surface area (Å²) in [5.41, 5.74) is 1.51. The second kappa shape index (κ2) is 13.7. The highest BCUT2D eigenvalue weighted by molar-refractivity contribution is 5.94. The standard InChI is InChI=1S/C26H36N4O2/c31-25(23-11-3-1-4-12-23)29-19-7-15-27-17-9-21-30(22-10-18-28-16-8-20-29)26(32)24-13-5-2-6-14-24/h1-6,11-14,27-28H,7-10,15-22H2. The van der Waals surface area contributed by atoms with E-state index in [1.807, 2.05) is 70.5 Å². The van der Waals surface area contributed by atoms with Crippen LogP contribution >= 0.6 is 0 Å². The van der Waals surface area contributed by atoms with E-state index < -0.39 is 0 Å². The van der Waals surface area contributed by atoms with Gasteiger partial charge in [-0.3, -0.25) is 9.59 Å². The molecule has 0 atom stereocenters. The quantitative estimate of drug-likeness (QED) is 0.760. The molecule has 0 unspecified atom stereocenters. The fraction of sp³-hybridized carbons (Fsp3) is 0.462. The molecule has 3 rings (SSSR count). The zero-order valence-corrected chi connectivity index (χ0v) is 19.0. The lowest BCUT2D eigenvalue weighted by Gasteiger charge is -2.25. The lowest BCUT2D eigenvalue weighted by molar-refractivity contribution is 0.0750. The van der Waals surface area contributed by atoms with Gasteiger partial charge < -0.3 is 20.4 Å². The number of carbonyl (C=O) groups is 2. The van der Waals surface area contributed by atoms with E-state index in [1.165, 1.54) is 0 Å². The number of nitrogens with one attached hydrogen (secondary N) is 2. The Morgan fingerprint density at radius 3 is 1.16 bits per heavy atom. The monoisotopic (exact) mass is 436 g/mol. The fourth-order valence-electron chi connectivity index (χ4n) is 3.99. The largest absolute Gasteiger partial charge is 0.339 e. The topological polar surface area (TPSA) is 64.7 Å². The van der Waals surface area contributed by atoms with Gasteiger partial charge in [0, 0.05) is 37.3 Å². The summed E-state index contributed by atoms with van der Waals surface area (Å²) in [6.45, 7) is 6.46. The highest BCUT2D eigenvalue weighted by Gasteiger charge is 2.16. The van der Waals surface area contributed by atoms with Gasteiger partial charge in [0.1, 0.15) is 0 Å². The molecule has 0 radical (unpaired) electrons. The van der Waals surface area contributed by atoms with Crippen LogP contribution in [0.5, 0.6) is 0 Å². The Bertz CT molecular complexity index is 728. The van der Waals surface area contributed by atoms with Crippen LogP contribution in [-0.2, 0) is 0 Å². The van der Waals surface area contributed by atoms with Gasteiger partial charge in [-0.1, -0.05) is 36.4 Å². The van der Waals surface area contributed by atoms with Gasteiger partial charge in [0.25, 0.3) is 11.8 Å². The van der Waals surface area contributed by atoms with Crippen molar-refractivity contribution in [3.8, 4) is 0 Å². The van der Waals surface area contributed by atoms with Crippen molar-refractivity contribution in [3.05, 3.63) is 71.8 Å². The van der Waals surface area contributed by atoms with Crippen LogP contribution in [0.2, 0.25) is 0 Å². The van der Waals surface area contributed by atoms with Crippen molar-refractivity contribution in [2.45, 2.75) is 25.7 Å². The first kappa shape index (κ1) is 24.0. The Labute approximate surface area is 192 Å². The Kier molecular flexibility index (Phi) is 10.2. The van der Waals surface area contributed by atoms with Crippen molar-refractivity contribution in [1.29, 1.82) is 0 Å². The maximum Gasteiger partial charge on any atom is 0.253 e. The zero-order valence-electron chi connectivity index (χ0n) is 19.0. The number of nitrogens with zero attached hydrogens (tertiary/aromatic N) is 2. The van der Waals surface area contributed by atoms with Crippen molar-refractivity contribution < 1.29 is 9.59 Å². The molecule has 2 amide bonds. The van der Waals surface area contributed by atoms with Crippen LogP contribution in [-0.4, -0.2) is 74.0 Å². The molecular weight excluding hydrogens is 400 g/mol. The molecule has 1 aliphatic heterocycles. The molecule has 0 aromatic heterocycles. The smallest absolute Gasteiger partial charge is 0.253 e. The number of amides is 2. The molecule has 172 valence electrons. The molecule has 6 heteroatoms. The SMILES string of the molecule is O=C(c1ccccc1)N1CCCNCCCN(C(=O)c2ccccc2)CCCNCCC1. The predicted octanol–water partition coefficient (Wildman–Crippen LogP) is 3.02. The van der Waals surface area contributed by atoms with Gasteiger partial charge in [-0.2, -0.15) is 0 Å². The van der Waals surface area contributed by atoms with E-state index in [9.17, 15) is 9.59 Å². The van der Waals surface area contributed by atoms with E-state index in [4.69, 9.17) is 0 Å². The molecule has 1 saturated heterocycles. The van der Waals surface area contributed by atoms with E-state index in [1.54, 1.807) is 0 Å². The van der Waals surface area contributed by atoms with Crippen LogP contribution in [0.1, 0.15) is 46.4 Å². The molecule has 0 aliphatic carbocycles. The van der Waals surface area contributed by atoms with Gasteiger partial charge >= 0.3 is 0 Å². The van der Waals surface area contributed by atoms with Gasteiger partial charge in [-0.15, -0.1) is 0 Å². The average Bonchev–Trinajstić information content (AvgIpc) is 2.84. The number of hydrogen-bond acceptors (Lipinski definition) is 4. The minimum atomic E-state index is 0.113. The van der Waals surface area contributed by atoms with Crippen LogP contribution in [0.15, 0.2) is 60.7 Å². The van der Waals surface area contributed by atoms with Crippen molar-refractivity contribution in [3.63, 3.8) is 0 Å². The normalized spacial score (nSPS) is 17.6. The van der Waals surface area contributed by atoms with E-state index in [0.717, 1.165) is 89.2 Å². The van der Waals surface area contributed by atoms with Gasteiger partial charge in [0.15, 0.2) is 0 Å². The van der Waals surface area contributed by atoms with Crippen molar-refractivity contribution in [2.24, 2.45) is 0 Å². The summed E-state index contributed by atoms with van der Waals surface area (Å²) in [5, 5.41) is 6.95. The fourth-order valence-corrected chi connectivity index (χ4v) is 3.99. The summed E-state index contributed by atoms with van der Waals surface area (Å²) >= 11 is 0. The maximum absolute atomic E-state index is 12.9. The summed E-state index contributed by atoms with van der Waals surface area (Å²) in [5.74, 6) is 0.226. The molecule has 32 heavy (non-hydrogen) atoms. The molecule has 1 heterocycles. The lowest BCUT2D eigenvalue weighted by atomic mass is 10.2. The Morgan fingerprint density at radius 1 is 0.531 bits per heavy atom. The number of carbonyl (C=O) groups excluding carboxylic acids is 2. The molecule has 2 aromatic rings. The third-order valence-electron chi connectivity index (χ3n) is 5.74. The first-order chi connectivity index (χ1) is 15.8. The first-order valence-electron chi connectivity index (χ1n) is 11.9. The molecule has 1 aliphatic rings. The van der Waals surface area contributed by atoms with Crippen molar-refractivity contribution >= 4 is 11.8 Å². The molecular formula is C26H36N4O2. The maximum atomic E-state index is 12.9. The molecule has 2 aromatic carbocycles. The summed E-state index contributed by atoms with van der Waals surface area (Å²) in [4.78, 5) is 29.8. The molecule has 0 saturated carbocycles. The van der Waals surface area contributed by atoms with Gasteiger partial charge in [-0.05, 0) is 76.1 Å². The van der Waals surface area contributed by atoms with E-state index >= 15 is 0 Å². The zero-order chi connectivity index (χ0) is 22.4. The Morgan fingerprint density at radius 2 is 0.844 bits per heavy atom. The molecule has 6 nitrogen and oxygen atoms in total. The minimum Gasteiger partial charge on any atom is -0.339 e. The van der Waals surface area contributed by atoms with E-state index in [0.29, 0.717) is 0 Å². The predicted molar refractivity (Wildman–Crippen MR) is 129 cm³/mol. The molecule has 2 N–H and O–H groups in total. The summed E-state index contributed by atoms with van der Waals surface area (Å²) in [6.07, 6.45) is 3.66. The average molecular weight is 437 g/mol. The van der Waals surface area contributed by atoms with Crippen LogP contribution in [0.4, 0.5) is 0 Å². The highest BCUT2D eigenvalue weighted by Crippen LogP contribution is 2.08. The van der Waals surface area contributed by atoms with E-state index in [2.05, 4.69) is 10.6 Å². The second-order valence-corrected chi connectivity index (χ2v) is 8.23. The second-order valence-electron chi connectivity index (χ2n) is 8.23. The van der Waals surface area contributed by atoms with Crippen molar-refractivity contribution in [1.82, 2.24) is 20.4 Å². The minimum absolute atomic E-state index is 0.113. The summed E-state index contributed by atoms with van der Waals surface area (Å²) in [6, 6.07) is 19.1.